The van der Waals surface area contributed by atoms with Crippen LogP contribution in [0.25, 0.3) is 0 Å². The molecule has 1 aromatic heterocycles. The van der Waals surface area contributed by atoms with Crippen LogP contribution in [-0.4, -0.2) is 29.3 Å². The van der Waals surface area contributed by atoms with Gasteiger partial charge in [-0.05, 0) is 31.4 Å². The van der Waals surface area contributed by atoms with Crippen LogP contribution in [-0.2, 0) is 6.42 Å². The Hall–Kier alpha value is -3.07. The van der Waals surface area contributed by atoms with Crippen molar-refractivity contribution in [2.45, 2.75) is 39.2 Å². The van der Waals surface area contributed by atoms with E-state index in [0.29, 0.717) is 17.9 Å². The van der Waals surface area contributed by atoms with Gasteiger partial charge in [0.1, 0.15) is 11.4 Å². The zero-order chi connectivity index (χ0) is 18.9. The second kappa shape index (κ2) is 9.42. The molecule has 0 aliphatic rings. The molecule has 1 aromatic carbocycles. The van der Waals surface area contributed by atoms with Crippen molar-refractivity contribution < 1.29 is 4.74 Å². The molecular formula is C20H25N5O. The van der Waals surface area contributed by atoms with Crippen LogP contribution in [0.3, 0.4) is 0 Å². The molecule has 1 heterocycles. The quantitative estimate of drug-likeness (QED) is 0.561. The highest BCUT2D eigenvalue weighted by atomic mass is 16.5. The Bertz CT molecular complexity index is 810. The van der Waals surface area contributed by atoms with Crippen LogP contribution in [0.4, 0.5) is 17.2 Å². The second-order valence-corrected chi connectivity index (χ2v) is 5.83. The second-order valence-electron chi connectivity index (χ2n) is 5.83. The van der Waals surface area contributed by atoms with Gasteiger partial charge in [0.25, 0.3) is 0 Å². The Morgan fingerprint density at radius 1 is 1.42 bits per heavy atom. The molecule has 2 aromatic rings. The van der Waals surface area contributed by atoms with E-state index in [1.54, 1.807) is 13.3 Å². The van der Waals surface area contributed by atoms with Crippen LogP contribution in [0.1, 0.15) is 38.2 Å². The van der Waals surface area contributed by atoms with E-state index in [-0.39, 0.29) is 11.9 Å². The van der Waals surface area contributed by atoms with Gasteiger partial charge in [-0.25, -0.2) is 9.97 Å². The molecule has 1 unspecified atom stereocenters. The standard InChI is InChI=1S/C20H25N5O/c1-5-9-14(23-15-10-8-11-16(12-15)26-4)13-17-19(22-7-3)20(21)25-18(6-2)24-17/h2,7-8,10-12,14,23H,5,9,13H2,1,3-4H3,(H2,21,24,25)/b22-7-. The molecule has 0 amide bonds. The van der Waals surface area contributed by atoms with Gasteiger partial charge in [0.2, 0.25) is 5.82 Å². The third kappa shape index (κ3) is 4.96. The Morgan fingerprint density at radius 2 is 2.23 bits per heavy atom. The lowest BCUT2D eigenvalue weighted by Crippen LogP contribution is -2.23. The highest BCUT2D eigenvalue weighted by Crippen LogP contribution is 2.27. The van der Waals surface area contributed by atoms with Crippen LogP contribution < -0.4 is 15.8 Å². The molecule has 0 spiro atoms. The summed E-state index contributed by atoms with van der Waals surface area (Å²) in [6.45, 7) is 3.98. The fourth-order valence-electron chi connectivity index (χ4n) is 2.75. The van der Waals surface area contributed by atoms with Crippen molar-refractivity contribution in [3.05, 3.63) is 35.8 Å². The number of nitrogen functional groups attached to an aromatic ring is 1. The fourth-order valence-corrected chi connectivity index (χ4v) is 2.75. The molecule has 136 valence electrons. The molecule has 0 saturated carbocycles. The van der Waals surface area contributed by atoms with Crippen molar-refractivity contribution in [3.8, 4) is 18.1 Å². The summed E-state index contributed by atoms with van der Waals surface area (Å²) in [5, 5.41) is 3.54. The molecule has 0 fully saturated rings. The summed E-state index contributed by atoms with van der Waals surface area (Å²) in [4.78, 5) is 12.9. The molecule has 0 bridgehead atoms. The van der Waals surface area contributed by atoms with Gasteiger partial charge in [-0.15, -0.1) is 6.42 Å². The van der Waals surface area contributed by atoms with Crippen LogP contribution in [0, 0.1) is 12.3 Å². The topological polar surface area (TPSA) is 85.4 Å². The third-order valence-electron chi connectivity index (χ3n) is 3.89. The number of nitrogens with two attached hydrogens (primary N) is 1. The maximum Gasteiger partial charge on any atom is 0.206 e. The van der Waals surface area contributed by atoms with Crippen LogP contribution in [0.15, 0.2) is 29.3 Å². The minimum absolute atomic E-state index is 0.151. The summed E-state index contributed by atoms with van der Waals surface area (Å²) < 4.78 is 5.29. The summed E-state index contributed by atoms with van der Waals surface area (Å²) in [7, 11) is 1.66. The summed E-state index contributed by atoms with van der Waals surface area (Å²) in [5.41, 5.74) is 8.35. The monoisotopic (exact) mass is 351 g/mol. The van der Waals surface area contributed by atoms with Gasteiger partial charge in [-0.3, -0.25) is 4.99 Å². The van der Waals surface area contributed by atoms with Gasteiger partial charge in [0, 0.05) is 30.4 Å². The number of methoxy groups -OCH3 is 1. The predicted octanol–water partition coefficient (Wildman–Crippen LogP) is 3.59. The maximum absolute atomic E-state index is 6.03. The van der Waals surface area contributed by atoms with Gasteiger partial charge >= 0.3 is 0 Å². The van der Waals surface area contributed by atoms with E-state index in [1.165, 1.54) is 0 Å². The van der Waals surface area contributed by atoms with E-state index >= 15 is 0 Å². The molecule has 1 atom stereocenters. The number of aromatic nitrogens is 2. The molecule has 0 aliphatic carbocycles. The first-order chi connectivity index (χ1) is 12.6. The molecule has 3 N–H and O–H groups in total. The molecular weight excluding hydrogens is 326 g/mol. The predicted molar refractivity (Wildman–Crippen MR) is 107 cm³/mol. The number of benzene rings is 1. The molecule has 0 aliphatic heterocycles. The third-order valence-corrected chi connectivity index (χ3v) is 3.89. The SMILES string of the molecule is C#Cc1nc(N)c(/N=C\C)c(CC(CCC)Nc2cccc(OC)c2)n1. The fraction of sp³-hybridized carbons (Fsp3) is 0.350. The van der Waals surface area contributed by atoms with Gasteiger partial charge in [0.15, 0.2) is 5.82 Å². The van der Waals surface area contributed by atoms with Gasteiger partial charge in [0.05, 0.1) is 12.8 Å². The number of hydrogen-bond donors (Lipinski definition) is 2. The molecule has 26 heavy (non-hydrogen) atoms. The lowest BCUT2D eigenvalue weighted by atomic mass is 10.0. The number of nitrogens with zero attached hydrogens (tertiary/aromatic N) is 3. The Morgan fingerprint density at radius 3 is 2.88 bits per heavy atom. The summed E-state index contributed by atoms with van der Waals surface area (Å²) in [6, 6.07) is 8.00. The number of ether oxygens (including phenoxy) is 1. The first kappa shape index (κ1) is 19.3. The lowest BCUT2D eigenvalue weighted by molar-refractivity contribution is 0.415. The normalized spacial score (nSPS) is 11.9. The van der Waals surface area contributed by atoms with Crippen molar-refractivity contribution in [1.82, 2.24) is 9.97 Å². The van der Waals surface area contributed by atoms with Crippen LogP contribution >= 0.6 is 0 Å². The van der Waals surface area contributed by atoms with Crippen LogP contribution in [0.5, 0.6) is 5.75 Å². The first-order valence-corrected chi connectivity index (χ1v) is 8.63. The van der Waals surface area contributed by atoms with Crippen molar-refractivity contribution in [2.24, 2.45) is 4.99 Å². The maximum atomic E-state index is 6.03. The smallest absolute Gasteiger partial charge is 0.206 e. The average molecular weight is 351 g/mol. The van der Waals surface area contributed by atoms with Gasteiger partial charge < -0.3 is 15.8 Å². The highest BCUT2D eigenvalue weighted by Gasteiger charge is 2.16. The lowest BCUT2D eigenvalue weighted by Gasteiger charge is -2.20. The van der Waals surface area contributed by atoms with E-state index in [9.17, 15) is 0 Å². The zero-order valence-corrected chi connectivity index (χ0v) is 15.5. The molecule has 2 rings (SSSR count). The molecule has 6 nitrogen and oxygen atoms in total. The number of nitrogens with one attached hydrogen (secondary N) is 1. The Kier molecular flexibility index (Phi) is 6.98. The van der Waals surface area contributed by atoms with Gasteiger partial charge in [-0.2, -0.15) is 0 Å². The van der Waals surface area contributed by atoms with E-state index in [1.807, 2.05) is 31.2 Å². The minimum atomic E-state index is 0.151. The summed E-state index contributed by atoms with van der Waals surface area (Å²) in [6.07, 6.45) is 9.76. The van der Waals surface area contributed by atoms with Gasteiger partial charge in [-0.1, -0.05) is 19.4 Å². The van der Waals surface area contributed by atoms with Crippen molar-refractivity contribution >= 4 is 23.4 Å². The van der Waals surface area contributed by atoms with E-state index in [4.69, 9.17) is 16.9 Å². The number of hydrogen-bond acceptors (Lipinski definition) is 6. The number of aliphatic imine (C=N–C) groups is 1. The minimum Gasteiger partial charge on any atom is -0.497 e. The van der Waals surface area contributed by atoms with Crippen LogP contribution in [0.2, 0.25) is 0 Å². The number of anilines is 2. The highest BCUT2D eigenvalue weighted by molar-refractivity contribution is 5.69. The number of rotatable bonds is 8. The average Bonchev–Trinajstić information content (AvgIpc) is 2.64. The first-order valence-electron chi connectivity index (χ1n) is 8.63. The van der Waals surface area contributed by atoms with E-state index in [0.717, 1.165) is 30.0 Å². The van der Waals surface area contributed by atoms with Crippen molar-refractivity contribution in [1.29, 1.82) is 0 Å². The summed E-state index contributed by atoms with van der Waals surface area (Å²) in [5.74, 6) is 3.85. The Labute approximate surface area is 154 Å². The van der Waals surface area contributed by atoms with Crippen molar-refractivity contribution in [2.75, 3.05) is 18.2 Å². The number of terminal acetylenes is 1. The molecule has 0 saturated heterocycles. The molecule has 6 heteroatoms. The van der Waals surface area contributed by atoms with E-state index < -0.39 is 0 Å². The molecule has 0 radical (unpaired) electrons. The van der Waals surface area contributed by atoms with E-state index in [2.05, 4.69) is 33.1 Å². The zero-order valence-electron chi connectivity index (χ0n) is 15.5. The summed E-state index contributed by atoms with van der Waals surface area (Å²) >= 11 is 0. The Balaban J connectivity index is 2.31. The largest absolute Gasteiger partial charge is 0.497 e. The van der Waals surface area contributed by atoms with Crippen molar-refractivity contribution in [3.63, 3.8) is 0 Å².